The molecule has 21 heavy (non-hydrogen) atoms. The second kappa shape index (κ2) is 7.71. The summed E-state index contributed by atoms with van der Waals surface area (Å²) in [7, 11) is 0. The summed E-state index contributed by atoms with van der Waals surface area (Å²) in [5.74, 6) is 0.895. The van der Waals surface area contributed by atoms with Crippen LogP contribution in [0.15, 0.2) is 24.3 Å². The van der Waals surface area contributed by atoms with Gasteiger partial charge in [-0.1, -0.05) is 38.1 Å². The fourth-order valence-corrected chi connectivity index (χ4v) is 2.75. The van der Waals surface area contributed by atoms with Gasteiger partial charge in [-0.05, 0) is 24.0 Å². The SMILES string of the molecule is CC(=O)CCN1CCN(Cc2ccc(C(C)C)cc2)CC1. The van der Waals surface area contributed by atoms with Gasteiger partial charge in [0.1, 0.15) is 5.78 Å². The molecule has 1 aliphatic rings. The van der Waals surface area contributed by atoms with E-state index in [0.717, 1.165) is 39.3 Å². The summed E-state index contributed by atoms with van der Waals surface area (Å²) >= 11 is 0. The second-order valence-corrected chi connectivity index (χ2v) is 6.47. The first-order valence-electron chi connectivity index (χ1n) is 8.07. The summed E-state index contributed by atoms with van der Waals surface area (Å²) in [5, 5.41) is 0. The Morgan fingerprint density at radius 3 is 2.14 bits per heavy atom. The van der Waals surface area contributed by atoms with Crippen molar-refractivity contribution in [3.05, 3.63) is 35.4 Å². The van der Waals surface area contributed by atoms with Crippen molar-refractivity contribution in [3.63, 3.8) is 0 Å². The van der Waals surface area contributed by atoms with Crippen LogP contribution in [0.1, 0.15) is 44.2 Å². The lowest BCUT2D eigenvalue weighted by Crippen LogP contribution is -2.46. The van der Waals surface area contributed by atoms with Crippen molar-refractivity contribution in [2.45, 2.75) is 39.7 Å². The molecule has 1 saturated heterocycles. The summed E-state index contributed by atoms with van der Waals surface area (Å²) in [6.45, 7) is 12.5. The molecule has 0 N–H and O–H groups in total. The predicted octanol–water partition coefficient (Wildman–Crippen LogP) is 2.91. The molecule has 1 heterocycles. The average Bonchev–Trinajstić information content (AvgIpc) is 2.47. The highest BCUT2D eigenvalue weighted by atomic mass is 16.1. The van der Waals surface area contributed by atoms with Crippen molar-refractivity contribution in [1.82, 2.24) is 9.80 Å². The van der Waals surface area contributed by atoms with E-state index in [1.165, 1.54) is 11.1 Å². The molecule has 0 atom stereocenters. The molecule has 3 nitrogen and oxygen atoms in total. The monoisotopic (exact) mass is 288 g/mol. The normalized spacial score (nSPS) is 17.3. The van der Waals surface area contributed by atoms with E-state index in [1.807, 2.05) is 0 Å². The van der Waals surface area contributed by atoms with E-state index in [1.54, 1.807) is 6.92 Å². The van der Waals surface area contributed by atoms with Gasteiger partial charge in [0.15, 0.2) is 0 Å². The lowest BCUT2D eigenvalue weighted by molar-refractivity contribution is -0.117. The Kier molecular flexibility index (Phi) is 5.95. The van der Waals surface area contributed by atoms with Crippen molar-refractivity contribution in [1.29, 1.82) is 0 Å². The Balaban J connectivity index is 1.76. The number of benzene rings is 1. The van der Waals surface area contributed by atoms with E-state index >= 15 is 0 Å². The van der Waals surface area contributed by atoms with Crippen LogP contribution >= 0.6 is 0 Å². The van der Waals surface area contributed by atoms with E-state index in [4.69, 9.17) is 0 Å². The number of ketones is 1. The Hall–Kier alpha value is -1.19. The number of piperazine rings is 1. The molecule has 0 spiro atoms. The molecule has 1 aromatic rings. The van der Waals surface area contributed by atoms with E-state index in [-0.39, 0.29) is 0 Å². The lowest BCUT2D eigenvalue weighted by Gasteiger charge is -2.34. The van der Waals surface area contributed by atoms with Gasteiger partial charge in [-0.3, -0.25) is 9.69 Å². The molecule has 0 amide bonds. The van der Waals surface area contributed by atoms with Gasteiger partial charge >= 0.3 is 0 Å². The molecule has 0 unspecified atom stereocenters. The van der Waals surface area contributed by atoms with Crippen LogP contribution in [0.4, 0.5) is 0 Å². The zero-order valence-corrected chi connectivity index (χ0v) is 13.6. The minimum Gasteiger partial charge on any atom is -0.300 e. The largest absolute Gasteiger partial charge is 0.300 e. The van der Waals surface area contributed by atoms with Crippen molar-refractivity contribution in [2.24, 2.45) is 0 Å². The van der Waals surface area contributed by atoms with Gasteiger partial charge in [-0.25, -0.2) is 0 Å². The number of hydrogen-bond acceptors (Lipinski definition) is 3. The Labute approximate surface area is 128 Å². The third-order valence-corrected chi connectivity index (χ3v) is 4.30. The van der Waals surface area contributed by atoms with Gasteiger partial charge in [-0.15, -0.1) is 0 Å². The zero-order valence-electron chi connectivity index (χ0n) is 13.6. The highest BCUT2D eigenvalue weighted by Crippen LogP contribution is 2.16. The summed E-state index contributed by atoms with van der Waals surface area (Å²) in [5.41, 5.74) is 2.81. The van der Waals surface area contributed by atoms with Gasteiger partial charge in [0.25, 0.3) is 0 Å². The van der Waals surface area contributed by atoms with Crippen LogP contribution in [0, 0.1) is 0 Å². The van der Waals surface area contributed by atoms with Gasteiger partial charge in [0.05, 0.1) is 0 Å². The Morgan fingerprint density at radius 2 is 1.62 bits per heavy atom. The molecule has 0 radical (unpaired) electrons. The molecule has 1 aliphatic heterocycles. The van der Waals surface area contributed by atoms with Crippen LogP contribution in [-0.2, 0) is 11.3 Å². The molecular weight excluding hydrogens is 260 g/mol. The third kappa shape index (κ3) is 5.25. The van der Waals surface area contributed by atoms with Gasteiger partial charge in [0, 0.05) is 45.7 Å². The number of Topliss-reactive ketones (excluding diaryl/α,β-unsaturated/α-hetero) is 1. The number of hydrogen-bond donors (Lipinski definition) is 0. The molecular formula is C18H28N2O. The molecule has 3 heteroatoms. The molecule has 0 aliphatic carbocycles. The lowest BCUT2D eigenvalue weighted by atomic mass is 10.0. The van der Waals surface area contributed by atoms with Crippen molar-refractivity contribution in [3.8, 4) is 0 Å². The highest BCUT2D eigenvalue weighted by molar-refractivity contribution is 5.75. The smallest absolute Gasteiger partial charge is 0.131 e. The van der Waals surface area contributed by atoms with Crippen molar-refractivity contribution >= 4 is 5.78 Å². The second-order valence-electron chi connectivity index (χ2n) is 6.47. The van der Waals surface area contributed by atoms with Crippen LogP contribution in [0.3, 0.4) is 0 Å². The first-order chi connectivity index (χ1) is 10.0. The summed E-state index contributed by atoms with van der Waals surface area (Å²) < 4.78 is 0. The van der Waals surface area contributed by atoms with Gasteiger partial charge in [0.2, 0.25) is 0 Å². The maximum absolute atomic E-state index is 11.0. The number of carbonyl (C=O) groups is 1. The van der Waals surface area contributed by atoms with E-state index < -0.39 is 0 Å². The average molecular weight is 288 g/mol. The topological polar surface area (TPSA) is 23.6 Å². The molecule has 0 bridgehead atoms. The molecule has 2 rings (SSSR count). The Bertz CT molecular complexity index is 445. The van der Waals surface area contributed by atoms with Gasteiger partial charge in [-0.2, -0.15) is 0 Å². The summed E-state index contributed by atoms with van der Waals surface area (Å²) in [6, 6.07) is 9.03. The van der Waals surface area contributed by atoms with Crippen LogP contribution in [0.2, 0.25) is 0 Å². The summed E-state index contributed by atoms with van der Waals surface area (Å²) in [4.78, 5) is 15.9. The van der Waals surface area contributed by atoms with Crippen LogP contribution in [-0.4, -0.2) is 48.3 Å². The molecule has 0 saturated carbocycles. The molecule has 1 fully saturated rings. The predicted molar refractivity (Wildman–Crippen MR) is 87.5 cm³/mol. The zero-order chi connectivity index (χ0) is 15.2. The van der Waals surface area contributed by atoms with Crippen molar-refractivity contribution in [2.75, 3.05) is 32.7 Å². The van der Waals surface area contributed by atoms with E-state index in [2.05, 4.69) is 47.9 Å². The fourth-order valence-electron chi connectivity index (χ4n) is 2.75. The number of carbonyl (C=O) groups excluding carboxylic acids is 1. The minimum atomic E-state index is 0.294. The summed E-state index contributed by atoms with van der Waals surface area (Å²) in [6.07, 6.45) is 0.691. The van der Waals surface area contributed by atoms with Crippen LogP contribution in [0.5, 0.6) is 0 Å². The third-order valence-electron chi connectivity index (χ3n) is 4.30. The van der Waals surface area contributed by atoms with Gasteiger partial charge < -0.3 is 4.90 Å². The number of nitrogens with zero attached hydrogens (tertiary/aromatic N) is 2. The fraction of sp³-hybridized carbons (Fsp3) is 0.611. The molecule has 0 aromatic heterocycles. The van der Waals surface area contributed by atoms with Crippen molar-refractivity contribution < 1.29 is 4.79 Å². The highest BCUT2D eigenvalue weighted by Gasteiger charge is 2.16. The van der Waals surface area contributed by atoms with Crippen LogP contribution < -0.4 is 0 Å². The standard InChI is InChI=1S/C18H28N2O/c1-15(2)18-6-4-17(5-7-18)14-20-12-10-19(11-13-20)9-8-16(3)21/h4-7,15H,8-14H2,1-3H3. The number of rotatable bonds is 6. The minimum absolute atomic E-state index is 0.294. The van der Waals surface area contributed by atoms with Crippen LogP contribution in [0.25, 0.3) is 0 Å². The molecule has 1 aromatic carbocycles. The Morgan fingerprint density at radius 1 is 1.05 bits per heavy atom. The maximum Gasteiger partial charge on any atom is 0.131 e. The first-order valence-corrected chi connectivity index (χ1v) is 8.07. The van der Waals surface area contributed by atoms with E-state index in [0.29, 0.717) is 18.1 Å². The maximum atomic E-state index is 11.0. The quantitative estimate of drug-likeness (QED) is 0.804. The molecule has 116 valence electrons. The first kappa shape index (κ1) is 16.2. The van der Waals surface area contributed by atoms with E-state index in [9.17, 15) is 4.79 Å².